The number of hydrogen-bond acceptors (Lipinski definition) is 7. The molecule has 8 heteroatoms. The molecule has 190 valence electrons. The van der Waals surface area contributed by atoms with Crippen molar-refractivity contribution in [2.24, 2.45) is 0 Å². The smallest absolute Gasteiger partial charge is 0.222 e. The molecule has 0 spiro atoms. The number of aryl methyl sites for hydroxylation is 1. The third-order valence-corrected chi connectivity index (χ3v) is 6.73. The standard InChI is InChI=1S/C28H36N6O2/c1-32(15-7-11-22-9-3-2-4-10-22)16-8-14-27(36)34-19-17-33(18-20-34)25-21-24(30-31-28(25)29)23-12-5-6-13-26(23)35/h2-6,9-10,12-13,21,35H,7-8,11,14-20H2,1H3,(H2,29,31). The summed E-state index contributed by atoms with van der Waals surface area (Å²) in [5.74, 6) is 0.715. The summed E-state index contributed by atoms with van der Waals surface area (Å²) in [7, 11) is 2.13. The van der Waals surface area contributed by atoms with Gasteiger partial charge in [-0.2, -0.15) is 0 Å². The fraction of sp³-hybridized carbons (Fsp3) is 0.393. The topological polar surface area (TPSA) is 98.8 Å². The van der Waals surface area contributed by atoms with Crippen LogP contribution < -0.4 is 10.6 Å². The summed E-state index contributed by atoms with van der Waals surface area (Å²) >= 11 is 0. The number of nitrogens with zero attached hydrogens (tertiary/aromatic N) is 5. The van der Waals surface area contributed by atoms with Gasteiger partial charge in [0.1, 0.15) is 5.75 Å². The van der Waals surface area contributed by atoms with Gasteiger partial charge in [-0.05, 0) is 63.2 Å². The minimum atomic E-state index is 0.153. The monoisotopic (exact) mass is 488 g/mol. The van der Waals surface area contributed by atoms with Crippen molar-refractivity contribution in [3.05, 3.63) is 66.2 Å². The first-order valence-corrected chi connectivity index (χ1v) is 12.7. The molecule has 0 aliphatic carbocycles. The number of phenolic OH excluding ortho intramolecular Hbond substituents is 1. The average Bonchev–Trinajstić information content (AvgIpc) is 2.90. The van der Waals surface area contributed by atoms with Crippen LogP contribution in [0.4, 0.5) is 11.5 Å². The molecular formula is C28H36N6O2. The fourth-order valence-corrected chi connectivity index (χ4v) is 4.63. The summed E-state index contributed by atoms with van der Waals surface area (Å²) in [6.45, 7) is 4.63. The first kappa shape index (κ1) is 25.4. The number of para-hydroxylation sites is 1. The molecule has 0 radical (unpaired) electrons. The number of amides is 1. The van der Waals surface area contributed by atoms with Gasteiger partial charge in [0.25, 0.3) is 0 Å². The largest absolute Gasteiger partial charge is 0.507 e. The number of phenols is 1. The highest BCUT2D eigenvalue weighted by Crippen LogP contribution is 2.31. The van der Waals surface area contributed by atoms with Gasteiger partial charge in [0.05, 0.1) is 11.4 Å². The number of aromatic hydroxyl groups is 1. The quantitative estimate of drug-likeness (QED) is 0.451. The van der Waals surface area contributed by atoms with E-state index in [0.717, 1.165) is 38.0 Å². The van der Waals surface area contributed by atoms with E-state index in [9.17, 15) is 9.90 Å². The summed E-state index contributed by atoms with van der Waals surface area (Å²) in [6.07, 6.45) is 3.64. The number of rotatable bonds is 10. The Hall–Kier alpha value is -3.65. The van der Waals surface area contributed by atoms with Gasteiger partial charge in [-0.1, -0.05) is 42.5 Å². The minimum Gasteiger partial charge on any atom is -0.507 e. The Kier molecular flexibility index (Phi) is 8.73. The average molecular weight is 489 g/mol. The number of nitrogens with two attached hydrogens (primary N) is 1. The van der Waals surface area contributed by atoms with Crippen LogP contribution in [0.1, 0.15) is 24.8 Å². The van der Waals surface area contributed by atoms with Crippen LogP contribution >= 0.6 is 0 Å². The van der Waals surface area contributed by atoms with Gasteiger partial charge in [-0.25, -0.2) is 0 Å². The van der Waals surface area contributed by atoms with Crippen LogP contribution in [0.15, 0.2) is 60.7 Å². The predicted molar refractivity (Wildman–Crippen MR) is 144 cm³/mol. The molecule has 2 heterocycles. The Balaban J connectivity index is 1.20. The molecule has 4 rings (SSSR count). The predicted octanol–water partition coefficient (Wildman–Crippen LogP) is 3.42. The van der Waals surface area contributed by atoms with Crippen molar-refractivity contribution in [3.8, 4) is 17.0 Å². The molecule has 1 aromatic heterocycles. The van der Waals surface area contributed by atoms with Crippen molar-refractivity contribution in [2.75, 3.05) is 56.9 Å². The third-order valence-electron chi connectivity index (χ3n) is 6.73. The lowest BCUT2D eigenvalue weighted by Gasteiger charge is -2.36. The number of aromatic nitrogens is 2. The SMILES string of the molecule is CN(CCCC(=O)N1CCN(c2cc(-c3ccccc3O)nnc2N)CC1)CCCc1ccccc1. The van der Waals surface area contributed by atoms with Crippen molar-refractivity contribution in [2.45, 2.75) is 25.7 Å². The lowest BCUT2D eigenvalue weighted by Crippen LogP contribution is -2.49. The van der Waals surface area contributed by atoms with Gasteiger partial charge in [0, 0.05) is 38.2 Å². The Morgan fingerprint density at radius 3 is 2.42 bits per heavy atom. The first-order chi connectivity index (χ1) is 17.5. The van der Waals surface area contributed by atoms with E-state index in [1.807, 2.05) is 23.1 Å². The molecule has 8 nitrogen and oxygen atoms in total. The van der Waals surface area contributed by atoms with E-state index < -0.39 is 0 Å². The molecule has 1 aliphatic heterocycles. The van der Waals surface area contributed by atoms with E-state index in [1.165, 1.54) is 5.56 Å². The molecule has 0 saturated carbocycles. The first-order valence-electron chi connectivity index (χ1n) is 12.7. The van der Waals surface area contributed by atoms with E-state index in [4.69, 9.17) is 5.73 Å². The molecule has 1 aliphatic rings. The van der Waals surface area contributed by atoms with E-state index in [-0.39, 0.29) is 11.7 Å². The van der Waals surface area contributed by atoms with E-state index >= 15 is 0 Å². The van der Waals surface area contributed by atoms with Gasteiger partial charge >= 0.3 is 0 Å². The summed E-state index contributed by atoms with van der Waals surface area (Å²) in [4.78, 5) is 19.2. The fourth-order valence-electron chi connectivity index (χ4n) is 4.63. The van der Waals surface area contributed by atoms with Crippen LogP contribution in [0.25, 0.3) is 11.3 Å². The summed E-state index contributed by atoms with van der Waals surface area (Å²) in [5.41, 5.74) is 9.48. The van der Waals surface area contributed by atoms with Crippen molar-refractivity contribution in [1.29, 1.82) is 0 Å². The Morgan fingerprint density at radius 1 is 0.972 bits per heavy atom. The number of carbonyl (C=O) groups excluding carboxylic acids is 1. The number of nitrogen functional groups attached to an aromatic ring is 1. The summed E-state index contributed by atoms with van der Waals surface area (Å²) in [6, 6.07) is 19.5. The van der Waals surface area contributed by atoms with Gasteiger partial charge in [0.15, 0.2) is 5.82 Å². The molecule has 2 aromatic carbocycles. The highest BCUT2D eigenvalue weighted by atomic mass is 16.3. The normalized spacial score (nSPS) is 13.8. The molecule has 3 aromatic rings. The third kappa shape index (κ3) is 6.73. The number of piperazine rings is 1. The number of hydrogen-bond donors (Lipinski definition) is 2. The van der Waals surface area contributed by atoms with Crippen molar-refractivity contribution < 1.29 is 9.90 Å². The minimum absolute atomic E-state index is 0.153. The number of anilines is 2. The van der Waals surface area contributed by atoms with Gasteiger partial charge in [0.2, 0.25) is 5.91 Å². The molecule has 1 fully saturated rings. The summed E-state index contributed by atoms with van der Waals surface area (Å²) < 4.78 is 0. The Labute approximate surface area is 213 Å². The Bertz CT molecular complexity index is 1130. The second-order valence-electron chi connectivity index (χ2n) is 9.38. The molecule has 3 N–H and O–H groups in total. The van der Waals surface area contributed by atoms with E-state index in [0.29, 0.717) is 49.7 Å². The Morgan fingerprint density at radius 2 is 1.67 bits per heavy atom. The van der Waals surface area contributed by atoms with Gasteiger partial charge in [-0.3, -0.25) is 4.79 Å². The zero-order chi connectivity index (χ0) is 25.3. The van der Waals surface area contributed by atoms with Gasteiger partial charge < -0.3 is 25.5 Å². The molecule has 0 unspecified atom stereocenters. The van der Waals surface area contributed by atoms with E-state index in [1.54, 1.807) is 18.2 Å². The molecule has 36 heavy (non-hydrogen) atoms. The highest BCUT2D eigenvalue weighted by Gasteiger charge is 2.23. The molecular weight excluding hydrogens is 452 g/mol. The van der Waals surface area contributed by atoms with Crippen molar-refractivity contribution in [3.63, 3.8) is 0 Å². The van der Waals surface area contributed by atoms with Crippen LogP contribution in [0, 0.1) is 0 Å². The van der Waals surface area contributed by atoms with Crippen molar-refractivity contribution in [1.82, 2.24) is 20.0 Å². The lowest BCUT2D eigenvalue weighted by molar-refractivity contribution is -0.131. The molecule has 0 bridgehead atoms. The van der Waals surface area contributed by atoms with Crippen molar-refractivity contribution >= 4 is 17.4 Å². The maximum absolute atomic E-state index is 12.8. The van der Waals surface area contributed by atoms with E-state index in [2.05, 4.69) is 51.3 Å². The second-order valence-corrected chi connectivity index (χ2v) is 9.38. The highest BCUT2D eigenvalue weighted by molar-refractivity contribution is 5.77. The van der Waals surface area contributed by atoms with Crippen LogP contribution in [0.2, 0.25) is 0 Å². The van der Waals surface area contributed by atoms with Crippen LogP contribution in [-0.4, -0.2) is 77.3 Å². The number of carbonyl (C=O) groups is 1. The zero-order valence-electron chi connectivity index (χ0n) is 21.0. The maximum atomic E-state index is 12.8. The molecule has 0 atom stereocenters. The number of benzene rings is 2. The van der Waals surface area contributed by atoms with Crippen LogP contribution in [0.5, 0.6) is 5.75 Å². The lowest BCUT2D eigenvalue weighted by atomic mass is 10.1. The summed E-state index contributed by atoms with van der Waals surface area (Å²) in [5, 5.41) is 18.4. The van der Waals surface area contributed by atoms with Crippen LogP contribution in [0.3, 0.4) is 0 Å². The molecule has 1 amide bonds. The maximum Gasteiger partial charge on any atom is 0.222 e. The van der Waals surface area contributed by atoms with Crippen LogP contribution in [-0.2, 0) is 11.2 Å². The molecule has 1 saturated heterocycles. The van der Waals surface area contributed by atoms with Gasteiger partial charge in [-0.15, -0.1) is 10.2 Å². The second kappa shape index (κ2) is 12.4. The zero-order valence-corrected chi connectivity index (χ0v) is 21.0.